The SMILES string of the molecule is CSC(=Nc1c(I)cc(Cl)c(F)c1C#N)NC#N. The van der Waals surface area contributed by atoms with Crippen LogP contribution in [0.5, 0.6) is 0 Å². The molecule has 0 spiro atoms. The number of halogens is 3. The second-order valence-corrected chi connectivity index (χ2v) is 5.21. The number of nitrogens with one attached hydrogen (secondary N) is 1. The normalized spacial score (nSPS) is 10.7. The third kappa shape index (κ3) is 3.25. The molecule has 1 rings (SSSR count). The summed E-state index contributed by atoms with van der Waals surface area (Å²) in [4.78, 5) is 4.06. The zero-order valence-corrected chi connectivity index (χ0v) is 12.7. The maximum atomic E-state index is 13.7. The van der Waals surface area contributed by atoms with Gasteiger partial charge in [0.2, 0.25) is 0 Å². The van der Waals surface area contributed by atoms with E-state index >= 15 is 0 Å². The molecule has 0 heterocycles. The molecule has 1 aromatic carbocycles. The lowest BCUT2D eigenvalue weighted by molar-refractivity contribution is 0.624. The molecule has 0 aliphatic heterocycles. The van der Waals surface area contributed by atoms with Crippen LogP contribution >= 0.6 is 46.0 Å². The van der Waals surface area contributed by atoms with E-state index in [0.29, 0.717) is 3.57 Å². The van der Waals surface area contributed by atoms with Gasteiger partial charge in [0.25, 0.3) is 0 Å². The highest BCUT2D eigenvalue weighted by molar-refractivity contribution is 14.1. The first-order valence-electron chi connectivity index (χ1n) is 4.40. The zero-order chi connectivity index (χ0) is 13.7. The summed E-state index contributed by atoms with van der Waals surface area (Å²) in [5, 5.41) is 20.0. The number of hydrogen-bond donors (Lipinski definition) is 1. The smallest absolute Gasteiger partial charge is 0.183 e. The van der Waals surface area contributed by atoms with Gasteiger partial charge < -0.3 is 0 Å². The molecule has 0 saturated carbocycles. The summed E-state index contributed by atoms with van der Waals surface area (Å²) >= 11 is 8.72. The van der Waals surface area contributed by atoms with E-state index in [2.05, 4.69) is 10.3 Å². The second-order valence-electron chi connectivity index (χ2n) is 2.85. The summed E-state index contributed by atoms with van der Waals surface area (Å²) in [5.74, 6) is -0.809. The van der Waals surface area contributed by atoms with Crippen LogP contribution in [-0.4, -0.2) is 11.4 Å². The Morgan fingerprint density at radius 2 is 2.28 bits per heavy atom. The lowest BCUT2D eigenvalue weighted by Gasteiger charge is -2.06. The summed E-state index contributed by atoms with van der Waals surface area (Å²) in [6.45, 7) is 0. The first kappa shape index (κ1) is 15.0. The lowest BCUT2D eigenvalue weighted by atomic mass is 10.2. The predicted molar refractivity (Wildman–Crippen MR) is 78.2 cm³/mol. The van der Waals surface area contributed by atoms with Crippen LogP contribution in [0, 0.1) is 32.2 Å². The van der Waals surface area contributed by atoms with Gasteiger partial charge in [0, 0.05) is 3.57 Å². The van der Waals surface area contributed by atoms with Crippen LogP contribution in [0.15, 0.2) is 11.1 Å². The highest BCUT2D eigenvalue weighted by Crippen LogP contribution is 2.33. The monoisotopic (exact) mass is 394 g/mol. The van der Waals surface area contributed by atoms with Gasteiger partial charge in [-0.1, -0.05) is 23.4 Å². The molecular weight excluding hydrogens is 390 g/mol. The van der Waals surface area contributed by atoms with Crippen molar-refractivity contribution in [1.29, 1.82) is 10.5 Å². The Kier molecular flexibility index (Phi) is 5.66. The largest absolute Gasteiger partial charge is 0.271 e. The molecule has 92 valence electrons. The topological polar surface area (TPSA) is 72.0 Å². The number of thioether (sulfide) groups is 1. The third-order valence-electron chi connectivity index (χ3n) is 1.83. The van der Waals surface area contributed by atoms with Crippen LogP contribution in [0.4, 0.5) is 10.1 Å². The van der Waals surface area contributed by atoms with E-state index < -0.39 is 5.82 Å². The summed E-state index contributed by atoms with van der Waals surface area (Å²) < 4.78 is 14.2. The fourth-order valence-electron chi connectivity index (χ4n) is 1.07. The minimum absolute atomic E-state index is 0.131. The van der Waals surface area contributed by atoms with Crippen LogP contribution in [-0.2, 0) is 0 Å². The second kappa shape index (κ2) is 6.78. The van der Waals surface area contributed by atoms with Gasteiger partial charge in [0.05, 0.1) is 5.02 Å². The average molecular weight is 395 g/mol. The lowest BCUT2D eigenvalue weighted by Crippen LogP contribution is -2.12. The minimum atomic E-state index is -0.809. The number of nitriles is 2. The van der Waals surface area contributed by atoms with Gasteiger partial charge in [0.1, 0.15) is 17.3 Å². The first-order valence-corrected chi connectivity index (χ1v) is 7.08. The first-order chi connectivity index (χ1) is 8.54. The highest BCUT2D eigenvalue weighted by Gasteiger charge is 2.16. The van der Waals surface area contributed by atoms with Gasteiger partial charge in [-0.15, -0.1) is 0 Å². The van der Waals surface area contributed by atoms with Gasteiger partial charge in [-0.25, -0.2) is 9.38 Å². The van der Waals surface area contributed by atoms with Crippen molar-refractivity contribution < 1.29 is 4.39 Å². The summed E-state index contributed by atoms with van der Waals surface area (Å²) in [6, 6.07) is 3.10. The molecule has 0 aliphatic carbocycles. The molecule has 0 bridgehead atoms. The van der Waals surface area contributed by atoms with E-state index in [0.717, 1.165) is 0 Å². The molecule has 1 aromatic rings. The maximum absolute atomic E-state index is 13.7. The number of amidine groups is 1. The quantitative estimate of drug-likeness (QED) is 0.198. The average Bonchev–Trinajstić information content (AvgIpc) is 2.35. The Labute approximate surface area is 126 Å². The van der Waals surface area contributed by atoms with Crippen LogP contribution in [0.1, 0.15) is 5.56 Å². The number of rotatable bonds is 1. The van der Waals surface area contributed by atoms with Gasteiger partial charge >= 0.3 is 0 Å². The van der Waals surface area contributed by atoms with Gasteiger partial charge in [0.15, 0.2) is 17.2 Å². The molecule has 0 fully saturated rings. The van der Waals surface area contributed by atoms with Crippen LogP contribution in [0.3, 0.4) is 0 Å². The van der Waals surface area contributed by atoms with Gasteiger partial charge in [-0.2, -0.15) is 10.5 Å². The van der Waals surface area contributed by atoms with E-state index in [1.807, 2.05) is 22.6 Å². The Morgan fingerprint density at radius 1 is 1.61 bits per heavy atom. The summed E-state index contributed by atoms with van der Waals surface area (Å²) in [6.07, 6.45) is 3.42. The van der Waals surface area contributed by atoms with Gasteiger partial charge in [-0.05, 0) is 34.9 Å². The van der Waals surface area contributed by atoms with Crippen molar-refractivity contribution in [3.8, 4) is 12.3 Å². The highest BCUT2D eigenvalue weighted by atomic mass is 127. The number of nitrogens with zero attached hydrogens (tertiary/aromatic N) is 3. The molecule has 18 heavy (non-hydrogen) atoms. The molecule has 0 aromatic heterocycles. The van der Waals surface area contributed by atoms with Crippen molar-refractivity contribution in [2.75, 3.05) is 6.26 Å². The van der Waals surface area contributed by atoms with Crippen molar-refractivity contribution in [1.82, 2.24) is 5.32 Å². The van der Waals surface area contributed by atoms with Gasteiger partial charge in [-0.3, -0.25) is 5.32 Å². The Morgan fingerprint density at radius 3 is 2.78 bits per heavy atom. The van der Waals surface area contributed by atoms with Crippen LogP contribution in [0.25, 0.3) is 0 Å². The molecule has 0 amide bonds. The standard InChI is InChI=1S/C10H5ClFIN4S/c1-18-10(16-4-15)17-9-5(3-14)8(12)6(11)2-7(9)13/h2H,1H3,(H,16,17). The van der Waals surface area contributed by atoms with E-state index in [1.54, 1.807) is 18.5 Å². The molecular formula is C10H5ClFIN4S. The molecule has 8 heteroatoms. The summed E-state index contributed by atoms with van der Waals surface area (Å²) in [5.41, 5.74) is -0.0784. The molecule has 4 nitrogen and oxygen atoms in total. The molecule has 0 saturated heterocycles. The minimum Gasteiger partial charge on any atom is -0.271 e. The van der Waals surface area contributed by atoms with Crippen molar-refractivity contribution in [2.45, 2.75) is 0 Å². The number of hydrogen-bond acceptors (Lipinski definition) is 4. The van der Waals surface area contributed by atoms with E-state index in [1.165, 1.54) is 17.8 Å². The fourth-order valence-corrected chi connectivity index (χ4v) is 2.49. The van der Waals surface area contributed by atoms with Crippen LogP contribution in [0.2, 0.25) is 5.02 Å². The van der Waals surface area contributed by atoms with E-state index in [9.17, 15) is 4.39 Å². The Bertz CT molecular complexity index is 591. The van der Waals surface area contributed by atoms with E-state index in [4.69, 9.17) is 22.1 Å². The van der Waals surface area contributed by atoms with Crippen molar-refractivity contribution in [3.63, 3.8) is 0 Å². The maximum Gasteiger partial charge on any atom is 0.183 e. The van der Waals surface area contributed by atoms with Crippen molar-refractivity contribution >= 4 is 56.8 Å². The predicted octanol–water partition coefficient (Wildman–Crippen LogP) is 3.38. The van der Waals surface area contributed by atoms with E-state index in [-0.39, 0.29) is 21.4 Å². The Hall–Kier alpha value is -1.03. The van der Waals surface area contributed by atoms with Crippen molar-refractivity contribution in [3.05, 3.63) is 26.0 Å². The molecule has 0 atom stereocenters. The zero-order valence-electron chi connectivity index (χ0n) is 8.96. The molecule has 1 N–H and O–H groups in total. The number of aliphatic imine (C=N–C) groups is 1. The molecule has 0 unspecified atom stereocenters. The molecule has 0 radical (unpaired) electrons. The fraction of sp³-hybridized carbons (Fsp3) is 0.100. The molecule has 0 aliphatic rings. The summed E-state index contributed by atoms with van der Waals surface area (Å²) in [7, 11) is 0. The number of benzene rings is 1. The third-order valence-corrected chi connectivity index (χ3v) is 3.50. The van der Waals surface area contributed by atoms with Crippen LogP contribution < -0.4 is 5.32 Å². The van der Waals surface area contributed by atoms with Crippen molar-refractivity contribution in [2.24, 2.45) is 4.99 Å². The Balaban J connectivity index is 3.47.